The number of pyridine rings is 1. The number of hydrogen-bond donors (Lipinski definition) is 1. The predicted molar refractivity (Wildman–Crippen MR) is 138 cm³/mol. The number of carbonyl (C=O) groups is 2. The molecule has 1 unspecified atom stereocenters. The van der Waals surface area contributed by atoms with Crippen molar-refractivity contribution >= 4 is 18.4 Å². The second-order valence-electron chi connectivity index (χ2n) is 7.10. The molecule has 0 saturated heterocycles. The molecule has 0 saturated carbocycles. The molecule has 0 fully saturated rings. The second-order valence-corrected chi connectivity index (χ2v) is 7.10. The van der Waals surface area contributed by atoms with Crippen LogP contribution in [0.3, 0.4) is 0 Å². The molecule has 2 heterocycles. The molecule has 0 aromatic carbocycles. The van der Waals surface area contributed by atoms with Crippen LogP contribution in [0.4, 0.5) is 5.69 Å². The van der Waals surface area contributed by atoms with Gasteiger partial charge in [-0.3, -0.25) is 9.78 Å². The van der Waals surface area contributed by atoms with Crippen LogP contribution in [-0.4, -0.2) is 34.5 Å². The third kappa shape index (κ3) is 13.9. The highest BCUT2D eigenvalue weighted by atomic mass is 16.1. The van der Waals surface area contributed by atoms with Crippen LogP contribution in [-0.2, 0) is 9.59 Å². The van der Waals surface area contributed by atoms with E-state index in [0.717, 1.165) is 54.5 Å². The second kappa shape index (κ2) is 22.2. The zero-order valence-corrected chi connectivity index (χ0v) is 21.6. The molecule has 0 aliphatic heterocycles. The Morgan fingerprint density at radius 1 is 1.15 bits per heavy atom. The van der Waals surface area contributed by atoms with Crippen molar-refractivity contribution in [3.63, 3.8) is 0 Å². The average molecular weight is 458 g/mol. The number of hydrogen-bond acceptors (Lipinski definition) is 6. The molecule has 33 heavy (non-hydrogen) atoms. The normalized spacial score (nSPS) is 10.0. The van der Waals surface area contributed by atoms with Gasteiger partial charge in [0.05, 0.1) is 23.6 Å². The van der Waals surface area contributed by atoms with Crippen LogP contribution in [0.2, 0.25) is 0 Å². The summed E-state index contributed by atoms with van der Waals surface area (Å²) < 4.78 is 1.24. The van der Waals surface area contributed by atoms with Crippen molar-refractivity contribution in [3.05, 3.63) is 30.4 Å². The lowest BCUT2D eigenvalue weighted by Gasteiger charge is -2.09. The molecule has 0 radical (unpaired) electrons. The van der Waals surface area contributed by atoms with Crippen molar-refractivity contribution in [3.8, 4) is 17.2 Å². The molecule has 0 amide bonds. The van der Waals surface area contributed by atoms with Gasteiger partial charge in [0, 0.05) is 42.9 Å². The van der Waals surface area contributed by atoms with Gasteiger partial charge in [0.1, 0.15) is 6.29 Å². The first-order valence-electron chi connectivity index (χ1n) is 12.0. The Hall–Kier alpha value is -3.01. The van der Waals surface area contributed by atoms with Gasteiger partial charge in [-0.2, -0.15) is 10.4 Å². The number of aldehydes is 1. The molecule has 0 aliphatic carbocycles. The topological polar surface area (TPSA) is 101 Å². The summed E-state index contributed by atoms with van der Waals surface area (Å²) in [6.07, 6.45) is 14.1. The Balaban J connectivity index is 0. The minimum atomic E-state index is 0.324. The molecule has 7 nitrogen and oxygen atoms in total. The van der Waals surface area contributed by atoms with Gasteiger partial charge in [0.25, 0.3) is 0 Å². The summed E-state index contributed by atoms with van der Waals surface area (Å²) in [4.78, 5) is 24.2. The predicted octanol–water partition coefficient (Wildman–Crippen LogP) is 6.46. The fourth-order valence-corrected chi connectivity index (χ4v) is 2.85. The number of nitrogens with one attached hydrogen (secondary N) is 1. The van der Waals surface area contributed by atoms with Crippen molar-refractivity contribution < 1.29 is 9.59 Å². The molecular formula is C26H43N5O2. The van der Waals surface area contributed by atoms with Crippen molar-refractivity contribution in [2.75, 3.05) is 12.4 Å². The third-order valence-electron chi connectivity index (χ3n) is 4.54. The maximum Gasteiger partial charge on any atom is 0.234 e. The number of unbranched alkanes of at least 4 members (excludes halogenated alkanes) is 2. The van der Waals surface area contributed by atoms with Crippen molar-refractivity contribution in [1.82, 2.24) is 14.8 Å². The smallest absolute Gasteiger partial charge is 0.234 e. The maximum absolute atomic E-state index is 10.5. The summed E-state index contributed by atoms with van der Waals surface area (Å²) in [6.45, 7) is 12.2. The highest BCUT2D eigenvalue weighted by molar-refractivity contribution is 5.78. The van der Waals surface area contributed by atoms with E-state index in [-0.39, 0.29) is 0 Å². The molecule has 2 aromatic heterocycles. The van der Waals surface area contributed by atoms with Crippen LogP contribution in [0.15, 0.2) is 24.7 Å². The summed E-state index contributed by atoms with van der Waals surface area (Å²) in [6, 6.07) is 4.23. The summed E-state index contributed by atoms with van der Waals surface area (Å²) in [5, 5.41) is 15.7. The first kappa shape index (κ1) is 32.2. The molecule has 0 bridgehead atoms. The number of nitriles is 1. The van der Waals surface area contributed by atoms with E-state index in [9.17, 15) is 9.59 Å². The summed E-state index contributed by atoms with van der Waals surface area (Å²) in [7, 11) is 1.84. The highest BCUT2D eigenvalue weighted by Crippen LogP contribution is 2.28. The number of aromatic nitrogens is 3. The molecule has 0 spiro atoms. The van der Waals surface area contributed by atoms with Crippen LogP contribution in [0, 0.1) is 24.2 Å². The molecule has 2 rings (SSSR count). The first-order valence-corrected chi connectivity index (χ1v) is 12.0. The quantitative estimate of drug-likeness (QED) is 0.411. The van der Waals surface area contributed by atoms with Gasteiger partial charge in [-0.15, -0.1) is 0 Å². The van der Waals surface area contributed by atoms with E-state index >= 15 is 0 Å². The Morgan fingerprint density at radius 3 is 2.27 bits per heavy atom. The molecule has 184 valence electrons. The van der Waals surface area contributed by atoms with Crippen molar-refractivity contribution in [2.45, 2.75) is 86.5 Å². The van der Waals surface area contributed by atoms with Gasteiger partial charge in [-0.05, 0) is 32.3 Å². The fourth-order valence-electron chi connectivity index (χ4n) is 2.85. The molecule has 1 N–H and O–H groups in total. The Bertz CT molecular complexity index is 796. The van der Waals surface area contributed by atoms with E-state index < -0.39 is 0 Å². The minimum Gasteiger partial charge on any atom is -0.386 e. The SMILES string of the molecule is CC.CCCC=O.CCCCC(C#N)CCC.CNc1c(-c2cnn(C=O)c2)ccnc1C. The summed E-state index contributed by atoms with van der Waals surface area (Å²) >= 11 is 0. The Morgan fingerprint density at radius 2 is 1.85 bits per heavy atom. The van der Waals surface area contributed by atoms with Crippen LogP contribution < -0.4 is 5.32 Å². The Kier molecular flexibility index (Phi) is 21.6. The number of carbonyl (C=O) groups excluding carboxylic acids is 2. The largest absolute Gasteiger partial charge is 0.386 e. The van der Waals surface area contributed by atoms with E-state index in [1.807, 2.05) is 40.8 Å². The average Bonchev–Trinajstić information content (AvgIpc) is 3.33. The van der Waals surface area contributed by atoms with Crippen molar-refractivity contribution in [1.29, 1.82) is 5.26 Å². The molecule has 1 atom stereocenters. The number of anilines is 1. The van der Waals surface area contributed by atoms with Gasteiger partial charge in [-0.25, -0.2) is 4.68 Å². The molecule has 0 aliphatic rings. The van der Waals surface area contributed by atoms with Crippen LogP contribution in [0.5, 0.6) is 0 Å². The van der Waals surface area contributed by atoms with E-state index in [1.165, 1.54) is 17.5 Å². The standard InChI is InChI=1S/C11H12N4O.C9H17N.C4H8O.C2H6/c1-8-11(12-2)10(3-4-13-8)9-5-14-15(6-9)7-16;1-3-5-7-9(8-10)6-4-2;1-2-3-4-5;1-2/h3-7,12H,1-2H3;9H,3-7H2,1-2H3;4H,2-3H2,1H3;1-2H3. The lowest BCUT2D eigenvalue weighted by molar-refractivity contribution is -0.107. The lowest BCUT2D eigenvalue weighted by Crippen LogP contribution is -1.97. The number of nitrogens with zero attached hydrogens (tertiary/aromatic N) is 4. The first-order chi connectivity index (χ1) is 16.0. The maximum atomic E-state index is 10.5. The van der Waals surface area contributed by atoms with Crippen molar-refractivity contribution in [2.24, 2.45) is 5.92 Å². The van der Waals surface area contributed by atoms with Gasteiger partial charge in [0.2, 0.25) is 6.41 Å². The van der Waals surface area contributed by atoms with Gasteiger partial charge < -0.3 is 10.1 Å². The van der Waals surface area contributed by atoms with E-state index in [0.29, 0.717) is 18.7 Å². The molecule has 7 heteroatoms. The van der Waals surface area contributed by atoms with Gasteiger partial charge in [-0.1, -0.05) is 53.9 Å². The highest BCUT2D eigenvalue weighted by Gasteiger charge is 2.09. The van der Waals surface area contributed by atoms with E-state index in [1.54, 1.807) is 18.6 Å². The van der Waals surface area contributed by atoms with E-state index in [4.69, 9.17) is 5.26 Å². The van der Waals surface area contributed by atoms with Crippen LogP contribution >= 0.6 is 0 Å². The zero-order valence-electron chi connectivity index (χ0n) is 21.6. The summed E-state index contributed by atoms with van der Waals surface area (Å²) in [5.74, 6) is 0.324. The lowest BCUT2D eigenvalue weighted by atomic mass is 9.99. The third-order valence-corrected chi connectivity index (χ3v) is 4.54. The monoisotopic (exact) mass is 457 g/mol. The fraction of sp³-hybridized carbons (Fsp3) is 0.577. The molecule has 2 aromatic rings. The van der Waals surface area contributed by atoms with Crippen LogP contribution in [0.1, 0.15) is 85.3 Å². The zero-order chi connectivity index (χ0) is 25.5. The number of rotatable bonds is 10. The summed E-state index contributed by atoms with van der Waals surface area (Å²) in [5.41, 5.74) is 3.75. The van der Waals surface area contributed by atoms with E-state index in [2.05, 4.69) is 35.3 Å². The number of aryl methyl sites for hydroxylation is 1. The van der Waals surface area contributed by atoms with Gasteiger partial charge in [0.15, 0.2) is 0 Å². The van der Waals surface area contributed by atoms with Crippen LogP contribution in [0.25, 0.3) is 11.1 Å². The molecular weight excluding hydrogens is 414 g/mol. The minimum absolute atomic E-state index is 0.324. The van der Waals surface area contributed by atoms with Gasteiger partial charge >= 0.3 is 0 Å². The Labute approximate surface area is 200 Å².